The smallest absolute Gasteiger partial charge is 0.153 e. The third kappa shape index (κ3) is 3.61. The number of pyridine rings is 1. The van der Waals surface area contributed by atoms with E-state index in [1.807, 2.05) is 6.07 Å². The van der Waals surface area contributed by atoms with Crippen molar-refractivity contribution in [1.82, 2.24) is 4.98 Å². The molecule has 0 aliphatic heterocycles. The van der Waals surface area contributed by atoms with Gasteiger partial charge in [-0.3, -0.25) is 0 Å². The van der Waals surface area contributed by atoms with Crippen molar-refractivity contribution in [1.29, 1.82) is 0 Å². The Balaban J connectivity index is 1.89. The minimum atomic E-state index is -3.00. The highest BCUT2D eigenvalue weighted by atomic mass is 35.5. The number of aliphatic hydroxyl groups is 1. The highest BCUT2D eigenvalue weighted by Crippen LogP contribution is 2.38. The van der Waals surface area contributed by atoms with Gasteiger partial charge in [0.1, 0.15) is 17.0 Å². The second-order valence-corrected chi connectivity index (χ2v) is 9.96. The van der Waals surface area contributed by atoms with Crippen LogP contribution in [0.25, 0.3) is 10.8 Å². The molecule has 1 heterocycles. The lowest BCUT2D eigenvalue weighted by Crippen LogP contribution is -2.43. The van der Waals surface area contributed by atoms with Crippen LogP contribution in [0.3, 0.4) is 0 Å². The third-order valence-electron chi connectivity index (χ3n) is 4.74. The average Bonchev–Trinajstić information content (AvgIpc) is 2.48. The molecule has 1 saturated carbocycles. The number of ether oxygens (including phenoxy) is 1. The van der Waals surface area contributed by atoms with Crippen LogP contribution in [-0.2, 0) is 15.4 Å². The molecule has 1 aliphatic carbocycles. The van der Waals surface area contributed by atoms with Crippen LogP contribution in [-0.4, -0.2) is 35.6 Å². The van der Waals surface area contributed by atoms with Crippen molar-refractivity contribution in [3.63, 3.8) is 0 Å². The molecule has 3 rings (SSSR count). The van der Waals surface area contributed by atoms with Crippen molar-refractivity contribution in [2.75, 3.05) is 5.75 Å². The first-order chi connectivity index (χ1) is 11.6. The minimum absolute atomic E-state index is 0.127. The fourth-order valence-electron chi connectivity index (χ4n) is 3.15. The number of hydrogen-bond acceptors (Lipinski definition) is 5. The van der Waals surface area contributed by atoms with Crippen molar-refractivity contribution in [3.05, 3.63) is 35.1 Å². The van der Waals surface area contributed by atoms with Gasteiger partial charge in [-0.2, -0.15) is 0 Å². The van der Waals surface area contributed by atoms with Gasteiger partial charge in [-0.15, -0.1) is 0 Å². The van der Waals surface area contributed by atoms with E-state index in [-0.39, 0.29) is 17.1 Å². The lowest BCUT2D eigenvalue weighted by molar-refractivity contribution is 0.0800. The summed E-state index contributed by atoms with van der Waals surface area (Å²) in [6, 6.07) is 5.32. The second kappa shape index (κ2) is 6.41. The predicted molar refractivity (Wildman–Crippen MR) is 98.9 cm³/mol. The summed E-state index contributed by atoms with van der Waals surface area (Å²) in [5.41, 5.74) is -0.294. The van der Waals surface area contributed by atoms with E-state index in [2.05, 4.69) is 4.98 Å². The highest BCUT2D eigenvalue weighted by molar-refractivity contribution is 7.92. The molecule has 0 atom stereocenters. The van der Waals surface area contributed by atoms with Crippen LogP contribution < -0.4 is 4.74 Å². The normalized spacial score (nSPS) is 21.2. The molecule has 5 nitrogen and oxygen atoms in total. The van der Waals surface area contributed by atoms with Gasteiger partial charge in [-0.25, -0.2) is 13.4 Å². The molecule has 25 heavy (non-hydrogen) atoms. The molecule has 0 spiro atoms. The third-order valence-corrected chi connectivity index (χ3v) is 7.15. The van der Waals surface area contributed by atoms with Crippen LogP contribution >= 0.6 is 11.6 Å². The summed E-state index contributed by atoms with van der Waals surface area (Å²) in [4.78, 5) is 4.12. The summed E-state index contributed by atoms with van der Waals surface area (Å²) in [7, 11) is -3.00. The van der Waals surface area contributed by atoms with Crippen LogP contribution in [0.15, 0.2) is 24.4 Å². The molecule has 1 aliphatic rings. The topological polar surface area (TPSA) is 76.5 Å². The molecule has 1 aromatic carbocycles. The average molecular weight is 384 g/mol. The quantitative estimate of drug-likeness (QED) is 0.800. The standard InChI is InChI=1S/C18H22ClNO4S/c1-4-25(22,23)12-7-11(8-12)24-16-6-5-15(18(2,3)21)13-9-17(19)20-10-14(13)16/h5-6,9-12,21H,4,7-8H2,1-3H3/t11-,12+. The van der Waals surface area contributed by atoms with Crippen LogP contribution in [0, 0.1) is 0 Å². The van der Waals surface area contributed by atoms with Crippen molar-refractivity contribution >= 4 is 32.2 Å². The van der Waals surface area contributed by atoms with E-state index in [4.69, 9.17) is 16.3 Å². The van der Waals surface area contributed by atoms with E-state index >= 15 is 0 Å². The van der Waals surface area contributed by atoms with Crippen LogP contribution in [0.2, 0.25) is 5.15 Å². The summed E-state index contributed by atoms with van der Waals surface area (Å²) >= 11 is 6.02. The Labute approximate surface area is 152 Å². The molecular weight excluding hydrogens is 362 g/mol. The van der Waals surface area contributed by atoms with Crippen LogP contribution in [0.1, 0.15) is 39.2 Å². The first-order valence-corrected chi connectivity index (χ1v) is 10.4. The Morgan fingerprint density at radius 3 is 2.60 bits per heavy atom. The van der Waals surface area contributed by atoms with E-state index in [0.717, 1.165) is 16.3 Å². The Morgan fingerprint density at radius 1 is 1.32 bits per heavy atom. The summed E-state index contributed by atoms with van der Waals surface area (Å²) in [5, 5.41) is 12.0. The number of nitrogens with zero attached hydrogens (tertiary/aromatic N) is 1. The maximum Gasteiger partial charge on any atom is 0.153 e. The van der Waals surface area contributed by atoms with E-state index in [1.54, 1.807) is 39.1 Å². The monoisotopic (exact) mass is 383 g/mol. The fourth-order valence-corrected chi connectivity index (χ4v) is 4.79. The lowest BCUT2D eigenvalue weighted by Gasteiger charge is -2.35. The van der Waals surface area contributed by atoms with Crippen molar-refractivity contribution in [3.8, 4) is 5.75 Å². The summed E-state index contributed by atoms with van der Waals surface area (Å²) in [6.45, 7) is 5.09. The molecule has 2 aromatic rings. The zero-order valence-corrected chi connectivity index (χ0v) is 16.1. The Kier molecular flexibility index (Phi) is 4.73. The summed E-state index contributed by atoms with van der Waals surface area (Å²) < 4.78 is 29.8. The number of rotatable bonds is 5. The summed E-state index contributed by atoms with van der Waals surface area (Å²) in [5.74, 6) is 0.792. The first-order valence-electron chi connectivity index (χ1n) is 8.31. The predicted octanol–water partition coefficient (Wildman–Crippen LogP) is 3.46. The zero-order chi connectivity index (χ0) is 18.4. The van der Waals surface area contributed by atoms with Crippen molar-refractivity contribution < 1.29 is 18.3 Å². The minimum Gasteiger partial charge on any atom is -0.490 e. The van der Waals surface area contributed by atoms with Crippen molar-refractivity contribution in [2.45, 2.75) is 50.6 Å². The van der Waals surface area contributed by atoms with E-state index in [1.165, 1.54) is 0 Å². The Morgan fingerprint density at radius 2 is 2.00 bits per heavy atom. The van der Waals surface area contributed by atoms with E-state index in [9.17, 15) is 13.5 Å². The summed E-state index contributed by atoms with van der Waals surface area (Å²) in [6.07, 6.45) is 2.51. The molecule has 0 unspecified atom stereocenters. The number of halogens is 1. The van der Waals surface area contributed by atoms with Gasteiger partial charge in [0, 0.05) is 30.2 Å². The molecule has 0 bridgehead atoms. The zero-order valence-electron chi connectivity index (χ0n) is 14.5. The molecule has 0 radical (unpaired) electrons. The number of fused-ring (bicyclic) bond motifs is 1. The van der Waals surface area contributed by atoms with E-state index in [0.29, 0.717) is 23.7 Å². The molecule has 7 heteroatoms. The van der Waals surface area contributed by atoms with Crippen LogP contribution in [0.5, 0.6) is 5.75 Å². The largest absolute Gasteiger partial charge is 0.490 e. The second-order valence-electron chi connectivity index (χ2n) is 7.01. The van der Waals surface area contributed by atoms with Gasteiger partial charge in [0.2, 0.25) is 0 Å². The van der Waals surface area contributed by atoms with Gasteiger partial charge in [0.15, 0.2) is 9.84 Å². The molecule has 1 N–H and O–H groups in total. The molecule has 0 saturated heterocycles. The fraction of sp³-hybridized carbons (Fsp3) is 0.500. The number of aromatic nitrogens is 1. The lowest BCUT2D eigenvalue weighted by atomic mass is 9.92. The van der Waals surface area contributed by atoms with Gasteiger partial charge < -0.3 is 9.84 Å². The van der Waals surface area contributed by atoms with Gasteiger partial charge in [0.25, 0.3) is 0 Å². The molecule has 0 amide bonds. The maximum absolute atomic E-state index is 11.9. The Bertz CT molecular complexity index is 899. The highest BCUT2D eigenvalue weighted by Gasteiger charge is 2.39. The molecule has 1 fully saturated rings. The Hall–Kier alpha value is -1.37. The van der Waals surface area contributed by atoms with E-state index < -0.39 is 15.4 Å². The van der Waals surface area contributed by atoms with Gasteiger partial charge >= 0.3 is 0 Å². The van der Waals surface area contributed by atoms with Gasteiger partial charge in [-0.1, -0.05) is 24.6 Å². The number of hydrogen-bond donors (Lipinski definition) is 1. The molecular formula is C18H22ClNO4S. The number of benzene rings is 1. The van der Waals surface area contributed by atoms with Gasteiger partial charge in [0.05, 0.1) is 10.9 Å². The first kappa shape index (κ1) is 18.4. The van der Waals surface area contributed by atoms with Gasteiger partial charge in [-0.05, 0) is 36.9 Å². The maximum atomic E-state index is 11.9. The molecule has 136 valence electrons. The van der Waals surface area contributed by atoms with Crippen LogP contribution in [0.4, 0.5) is 0 Å². The molecule has 1 aromatic heterocycles. The van der Waals surface area contributed by atoms with Crippen molar-refractivity contribution in [2.24, 2.45) is 0 Å². The number of sulfone groups is 1. The SMILES string of the molecule is CCS(=O)(=O)[C@H]1C[C@@H](Oc2ccc(C(C)(C)O)c3cc(Cl)ncc23)C1.